The number of fused-ring (bicyclic) bond motifs is 6. The van der Waals surface area contributed by atoms with Crippen molar-refractivity contribution >= 4 is 27.6 Å². The Morgan fingerprint density at radius 3 is 2.84 bits per heavy atom. The Morgan fingerprint density at radius 1 is 1.06 bits per heavy atom. The number of ether oxygens (including phenoxy) is 1. The summed E-state index contributed by atoms with van der Waals surface area (Å²) in [5.41, 5.74) is 2.97. The SMILES string of the molecule is CCn1c(=O)c2ccccc2n2c(COc3ccc4oc5c(c4c3)CCCC5)nnc12. The summed E-state index contributed by atoms with van der Waals surface area (Å²) in [6.45, 7) is 2.70. The van der Waals surface area contributed by atoms with Crippen LogP contribution in [0, 0.1) is 0 Å². The van der Waals surface area contributed by atoms with Crippen LogP contribution in [-0.2, 0) is 26.0 Å². The average Bonchev–Trinajstić information content (AvgIpc) is 3.39. The van der Waals surface area contributed by atoms with Gasteiger partial charge in [-0.1, -0.05) is 12.1 Å². The third-order valence-corrected chi connectivity index (χ3v) is 6.19. The first-order valence-electron chi connectivity index (χ1n) is 10.8. The number of benzene rings is 2. The first kappa shape index (κ1) is 18.2. The molecule has 31 heavy (non-hydrogen) atoms. The van der Waals surface area contributed by atoms with Crippen molar-refractivity contribution in [2.45, 2.75) is 45.8 Å². The highest BCUT2D eigenvalue weighted by molar-refractivity contribution is 5.84. The highest BCUT2D eigenvalue weighted by Gasteiger charge is 2.19. The summed E-state index contributed by atoms with van der Waals surface area (Å²) >= 11 is 0. The largest absolute Gasteiger partial charge is 0.486 e. The van der Waals surface area contributed by atoms with Gasteiger partial charge < -0.3 is 9.15 Å². The Bertz CT molecular complexity index is 1510. The number of nitrogens with zero attached hydrogens (tertiary/aromatic N) is 4. The number of furan rings is 1. The van der Waals surface area contributed by atoms with Crippen molar-refractivity contribution in [1.29, 1.82) is 0 Å². The normalized spacial score (nSPS) is 13.8. The highest BCUT2D eigenvalue weighted by Crippen LogP contribution is 2.34. The molecule has 0 unspecified atom stereocenters. The molecule has 2 aromatic carbocycles. The van der Waals surface area contributed by atoms with Crippen molar-refractivity contribution < 1.29 is 9.15 Å². The molecule has 0 radical (unpaired) electrons. The molecule has 0 N–H and O–H groups in total. The van der Waals surface area contributed by atoms with Gasteiger partial charge in [0.05, 0.1) is 10.9 Å². The van der Waals surface area contributed by atoms with Gasteiger partial charge in [0, 0.05) is 23.9 Å². The van der Waals surface area contributed by atoms with Crippen molar-refractivity contribution in [3.8, 4) is 5.75 Å². The Morgan fingerprint density at radius 2 is 1.94 bits per heavy atom. The molecule has 0 saturated carbocycles. The van der Waals surface area contributed by atoms with E-state index in [1.54, 1.807) is 4.57 Å². The van der Waals surface area contributed by atoms with Crippen molar-refractivity contribution in [1.82, 2.24) is 19.2 Å². The molecule has 7 nitrogen and oxygen atoms in total. The summed E-state index contributed by atoms with van der Waals surface area (Å²) in [7, 11) is 0. The molecule has 156 valence electrons. The lowest BCUT2D eigenvalue weighted by Crippen LogP contribution is -2.22. The molecule has 7 heteroatoms. The summed E-state index contributed by atoms with van der Waals surface area (Å²) in [6.07, 6.45) is 4.46. The van der Waals surface area contributed by atoms with E-state index >= 15 is 0 Å². The minimum absolute atomic E-state index is 0.0550. The Hall–Kier alpha value is -3.61. The number of aryl methyl sites for hydroxylation is 3. The molecular formula is C24H22N4O3. The molecule has 3 aromatic heterocycles. The van der Waals surface area contributed by atoms with Crippen LogP contribution in [0.5, 0.6) is 5.75 Å². The van der Waals surface area contributed by atoms with E-state index in [0.717, 1.165) is 40.8 Å². The Labute approximate surface area is 177 Å². The van der Waals surface area contributed by atoms with E-state index in [1.807, 2.05) is 47.7 Å². The molecule has 1 aliphatic rings. The lowest BCUT2D eigenvalue weighted by atomic mass is 9.96. The molecule has 5 aromatic rings. The van der Waals surface area contributed by atoms with Crippen molar-refractivity contribution in [3.63, 3.8) is 0 Å². The van der Waals surface area contributed by atoms with Crippen LogP contribution in [0.15, 0.2) is 51.7 Å². The fourth-order valence-corrected chi connectivity index (χ4v) is 4.67. The van der Waals surface area contributed by atoms with Gasteiger partial charge in [-0.05, 0) is 56.5 Å². The third-order valence-electron chi connectivity index (χ3n) is 6.19. The second-order valence-electron chi connectivity index (χ2n) is 7.98. The lowest BCUT2D eigenvalue weighted by Gasteiger charge is -2.10. The number of rotatable bonds is 4. The van der Waals surface area contributed by atoms with Crippen molar-refractivity contribution in [3.05, 3.63) is 70.0 Å². The van der Waals surface area contributed by atoms with E-state index in [2.05, 4.69) is 16.3 Å². The van der Waals surface area contributed by atoms with Gasteiger partial charge in [-0.15, -0.1) is 10.2 Å². The predicted octanol–water partition coefficient (Wildman–Crippen LogP) is 4.27. The molecule has 0 saturated heterocycles. The smallest absolute Gasteiger partial charge is 0.262 e. The summed E-state index contributed by atoms with van der Waals surface area (Å²) in [5.74, 6) is 3.07. The molecule has 6 rings (SSSR count). The van der Waals surface area contributed by atoms with Crippen LogP contribution in [0.4, 0.5) is 0 Å². The summed E-state index contributed by atoms with van der Waals surface area (Å²) in [4.78, 5) is 12.8. The number of hydrogen-bond acceptors (Lipinski definition) is 5. The van der Waals surface area contributed by atoms with Gasteiger partial charge in [-0.3, -0.25) is 13.8 Å². The molecule has 0 bridgehead atoms. The van der Waals surface area contributed by atoms with Gasteiger partial charge in [-0.2, -0.15) is 0 Å². The number of aromatic nitrogens is 4. The van der Waals surface area contributed by atoms with Gasteiger partial charge >= 0.3 is 0 Å². The minimum atomic E-state index is -0.0550. The predicted molar refractivity (Wildman–Crippen MR) is 118 cm³/mol. The maximum Gasteiger partial charge on any atom is 0.262 e. The fourth-order valence-electron chi connectivity index (χ4n) is 4.67. The maximum atomic E-state index is 12.8. The summed E-state index contributed by atoms with van der Waals surface area (Å²) in [6, 6.07) is 13.5. The molecule has 0 amide bonds. The van der Waals surface area contributed by atoms with Crippen LogP contribution in [0.2, 0.25) is 0 Å². The van der Waals surface area contributed by atoms with Crippen LogP contribution in [0.1, 0.15) is 36.9 Å². The third kappa shape index (κ3) is 2.76. The van der Waals surface area contributed by atoms with Crippen LogP contribution in [0.25, 0.3) is 27.6 Å². The summed E-state index contributed by atoms with van der Waals surface area (Å²) in [5, 5.41) is 10.4. The molecule has 0 spiro atoms. The van der Waals surface area contributed by atoms with E-state index in [4.69, 9.17) is 9.15 Å². The number of para-hydroxylation sites is 1. The molecule has 0 atom stereocenters. The Kier molecular flexibility index (Phi) is 4.09. The van der Waals surface area contributed by atoms with Crippen molar-refractivity contribution in [2.24, 2.45) is 0 Å². The fraction of sp³-hybridized carbons (Fsp3) is 0.292. The van der Waals surface area contributed by atoms with Gasteiger partial charge in [0.1, 0.15) is 23.7 Å². The lowest BCUT2D eigenvalue weighted by molar-refractivity contribution is 0.295. The zero-order valence-electron chi connectivity index (χ0n) is 17.3. The quantitative estimate of drug-likeness (QED) is 0.439. The van der Waals surface area contributed by atoms with E-state index < -0.39 is 0 Å². The van der Waals surface area contributed by atoms with Gasteiger partial charge in [-0.25, -0.2) is 0 Å². The molecule has 1 aliphatic carbocycles. The first-order valence-corrected chi connectivity index (χ1v) is 10.8. The zero-order valence-corrected chi connectivity index (χ0v) is 17.3. The van der Waals surface area contributed by atoms with Crippen LogP contribution in [0.3, 0.4) is 0 Å². The van der Waals surface area contributed by atoms with Crippen LogP contribution in [-0.4, -0.2) is 19.2 Å². The monoisotopic (exact) mass is 414 g/mol. The summed E-state index contributed by atoms with van der Waals surface area (Å²) < 4.78 is 15.7. The van der Waals surface area contributed by atoms with Gasteiger partial charge in [0.25, 0.3) is 5.56 Å². The molecule has 3 heterocycles. The molecular weight excluding hydrogens is 392 g/mol. The highest BCUT2D eigenvalue weighted by atomic mass is 16.5. The molecule has 0 aliphatic heterocycles. The second-order valence-corrected chi connectivity index (χ2v) is 7.98. The van der Waals surface area contributed by atoms with E-state index in [1.165, 1.54) is 18.4 Å². The van der Waals surface area contributed by atoms with E-state index in [9.17, 15) is 4.79 Å². The topological polar surface area (TPSA) is 74.6 Å². The average molecular weight is 414 g/mol. The zero-order chi connectivity index (χ0) is 20.9. The Balaban J connectivity index is 1.40. The first-order chi connectivity index (χ1) is 15.2. The standard InChI is InChI=1S/C24H22N4O3/c1-2-27-23(29)17-8-3-5-9-19(17)28-22(25-26-24(27)28)14-30-15-11-12-21-18(13-15)16-7-4-6-10-20(16)31-21/h3,5,8-9,11-13H,2,4,6-7,10,14H2,1H3. The van der Waals surface area contributed by atoms with Gasteiger partial charge in [0.15, 0.2) is 5.82 Å². The maximum absolute atomic E-state index is 12.8. The van der Waals surface area contributed by atoms with E-state index in [0.29, 0.717) is 23.5 Å². The van der Waals surface area contributed by atoms with E-state index in [-0.39, 0.29) is 12.2 Å². The number of hydrogen-bond donors (Lipinski definition) is 0. The second kappa shape index (κ2) is 6.97. The van der Waals surface area contributed by atoms with Crippen molar-refractivity contribution in [2.75, 3.05) is 0 Å². The van der Waals surface area contributed by atoms with Crippen LogP contribution >= 0.6 is 0 Å². The van der Waals surface area contributed by atoms with Crippen LogP contribution < -0.4 is 10.3 Å². The van der Waals surface area contributed by atoms with Gasteiger partial charge in [0.2, 0.25) is 5.78 Å². The molecule has 0 fully saturated rings. The minimum Gasteiger partial charge on any atom is -0.486 e.